The zero-order valence-corrected chi connectivity index (χ0v) is 18.5. The first-order valence-electron chi connectivity index (χ1n) is 10.1. The topological polar surface area (TPSA) is 65.1 Å². The highest BCUT2D eigenvalue weighted by Crippen LogP contribution is 2.48. The summed E-state index contributed by atoms with van der Waals surface area (Å²) in [7, 11) is 1.61. The Bertz CT molecular complexity index is 682. The maximum absolute atomic E-state index is 13.4. The molecule has 0 aliphatic carbocycles. The first kappa shape index (κ1) is 23.5. The molecular weight excluding hydrogens is 394 g/mol. The summed E-state index contributed by atoms with van der Waals surface area (Å²) < 4.78 is 16.8. The van der Waals surface area contributed by atoms with Crippen molar-refractivity contribution in [1.29, 1.82) is 0 Å². The van der Waals surface area contributed by atoms with E-state index >= 15 is 0 Å². The third-order valence-corrected chi connectivity index (χ3v) is 6.33. The molecule has 7 heteroatoms. The number of likely N-dealkylation sites (tertiary alicyclic amines) is 1. The van der Waals surface area contributed by atoms with Gasteiger partial charge in [0.05, 0.1) is 19.6 Å². The number of nitrogens with zero attached hydrogens (tertiary/aromatic N) is 1. The fourth-order valence-corrected chi connectivity index (χ4v) is 4.25. The third kappa shape index (κ3) is 4.69. The van der Waals surface area contributed by atoms with Gasteiger partial charge in [-0.1, -0.05) is 25.5 Å². The number of methoxy groups -OCH3 is 1. The Morgan fingerprint density at radius 1 is 1.24 bits per heavy atom. The van der Waals surface area contributed by atoms with Crippen LogP contribution in [0.25, 0.3) is 0 Å². The fraction of sp³-hybridized carbons (Fsp3) is 0.636. The van der Waals surface area contributed by atoms with E-state index in [1.165, 1.54) is 0 Å². The van der Waals surface area contributed by atoms with E-state index in [-0.39, 0.29) is 12.5 Å². The van der Waals surface area contributed by atoms with Crippen molar-refractivity contribution >= 4 is 24.0 Å². The Morgan fingerprint density at radius 2 is 1.93 bits per heavy atom. The van der Waals surface area contributed by atoms with Crippen LogP contribution in [0.3, 0.4) is 0 Å². The zero-order chi connectivity index (χ0) is 21.5. The lowest BCUT2D eigenvalue weighted by molar-refractivity contribution is -0.163. The molecule has 0 saturated carbocycles. The highest BCUT2D eigenvalue weighted by Gasteiger charge is 2.65. The first-order valence-corrected chi connectivity index (χ1v) is 10.6. The molecule has 1 heterocycles. The van der Waals surface area contributed by atoms with Gasteiger partial charge in [0, 0.05) is 19.0 Å². The van der Waals surface area contributed by atoms with Crippen LogP contribution in [0.15, 0.2) is 24.3 Å². The molecule has 1 aromatic rings. The van der Waals surface area contributed by atoms with Crippen molar-refractivity contribution in [2.45, 2.75) is 57.7 Å². The number of carbonyl (C=O) groups excluding carboxylic acids is 2. The summed E-state index contributed by atoms with van der Waals surface area (Å²) in [5.74, 6) is 0.453. The Labute approximate surface area is 178 Å². The van der Waals surface area contributed by atoms with Gasteiger partial charge in [-0.2, -0.15) is 0 Å². The summed E-state index contributed by atoms with van der Waals surface area (Å²) in [5.41, 5.74) is -0.909. The van der Waals surface area contributed by atoms with E-state index in [9.17, 15) is 9.59 Å². The van der Waals surface area contributed by atoms with Gasteiger partial charge in [-0.15, -0.1) is 11.6 Å². The molecule has 0 aromatic heterocycles. The summed E-state index contributed by atoms with van der Waals surface area (Å²) in [5, 5.41) is 0. The number of hydrogen-bond acceptors (Lipinski definition) is 5. The first-order chi connectivity index (χ1) is 13.9. The predicted octanol–water partition coefficient (Wildman–Crippen LogP) is 3.79. The molecule has 3 atom stereocenters. The van der Waals surface area contributed by atoms with Crippen molar-refractivity contribution in [3.05, 3.63) is 29.8 Å². The summed E-state index contributed by atoms with van der Waals surface area (Å²) in [6, 6.07) is 7.58. The van der Waals surface area contributed by atoms with Crippen molar-refractivity contribution in [1.82, 2.24) is 4.90 Å². The lowest BCUT2D eigenvalue weighted by Gasteiger charge is -2.44. The van der Waals surface area contributed by atoms with Crippen LogP contribution in [-0.2, 0) is 25.6 Å². The van der Waals surface area contributed by atoms with Gasteiger partial charge in [0.2, 0.25) is 5.91 Å². The molecule has 1 aliphatic rings. The highest BCUT2D eigenvalue weighted by molar-refractivity contribution is 6.18. The van der Waals surface area contributed by atoms with E-state index < -0.39 is 17.1 Å². The van der Waals surface area contributed by atoms with Gasteiger partial charge in [0.1, 0.15) is 16.9 Å². The normalized spacial score (nSPS) is 26.6. The van der Waals surface area contributed by atoms with Crippen molar-refractivity contribution in [3.63, 3.8) is 0 Å². The van der Waals surface area contributed by atoms with E-state index in [1.54, 1.807) is 12.0 Å². The molecule has 29 heavy (non-hydrogen) atoms. The molecule has 0 bridgehead atoms. The Kier molecular flexibility index (Phi) is 8.34. The van der Waals surface area contributed by atoms with Crippen molar-refractivity contribution in [2.75, 3.05) is 26.2 Å². The standard InChI is InChI=1S/C22H32ClNO5/c1-5-6-13-28-15-21(2)22(3,29-16-25)19(11-12-23)20(26)24(21)14-17-7-9-18(27-4)10-8-17/h7-10,16,19H,5-6,11-15H2,1-4H3. The monoisotopic (exact) mass is 425 g/mol. The minimum atomic E-state index is -1.04. The van der Waals surface area contributed by atoms with Gasteiger partial charge < -0.3 is 19.1 Å². The number of amides is 1. The second kappa shape index (κ2) is 10.3. The second-order valence-corrected chi connectivity index (χ2v) is 8.18. The van der Waals surface area contributed by atoms with Gasteiger partial charge in [-0.25, -0.2) is 0 Å². The Balaban J connectivity index is 2.39. The summed E-state index contributed by atoms with van der Waals surface area (Å²) >= 11 is 5.99. The van der Waals surface area contributed by atoms with Crippen LogP contribution in [0.1, 0.15) is 45.6 Å². The quantitative estimate of drug-likeness (QED) is 0.289. The third-order valence-electron chi connectivity index (χ3n) is 6.11. The van der Waals surface area contributed by atoms with E-state index in [0.717, 1.165) is 24.2 Å². The van der Waals surface area contributed by atoms with E-state index in [2.05, 4.69) is 6.92 Å². The lowest BCUT2D eigenvalue weighted by Crippen LogP contribution is -2.60. The average Bonchev–Trinajstić information content (AvgIpc) is 2.86. The summed E-state index contributed by atoms with van der Waals surface area (Å²) in [6.45, 7) is 7.51. The number of halogens is 1. The maximum Gasteiger partial charge on any atom is 0.293 e. The number of ether oxygens (including phenoxy) is 3. The summed E-state index contributed by atoms with van der Waals surface area (Å²) in [4.78, 5) is 26.6. The van der Waals surface area contributed by atoms with Crippen LogP contribution in [0.5, 0.6) is 5.75 Å². The molecule has 1 aromatic carbocycles. The van der Waals surface area contributed by atoms with Crippen molar-refractivity contribution in [3.8, 4) is 5.75 Å². The molecule has 6 nitrogen and oxygen atoms in total. The van der Waals surface area contributed by atoms with Gasteiger partial charge in [0.25, 0.3) is 6.47 Å². The predicted molar refractivity (Wildman–Crippen MR) is 112 cm³/mol. The van der Waals surface area contributed by atoms with E-state index in [0.29, 0.717) is 31.9 Å². The van der Waals surface area contributed by atoms with Crippen LogP contribution < -0.4 is 4.74 Å². The van der Waals surface area contributed by atoms with Gasteiger partial charge in [0.15, 0.2) is 0 Å². The van der Waals surface area contributed by atoms with Gasteiger partial charge in [-0.3, -0.25) is 9.59 Å². The Morgan fingerprint density at radius 3 is 2.48 bits per heavy atom. The Hall–Kier alpha value is -1.79. The average molecular weight is 426 g/mol. The van der Waals surface area contributed by atoms with Gasteiger partial charge >= 0.3 is 0 Å². The maximum atomic E-state index is 13.4. The molecule has 162 valence electrons. The van der Waals surface area contributed by atoms with Crippen LogP contribution >= 0.6 is 11.6 Å². The zero-order valence-electron chi connectivity index (χ0n) is 17.8. The second-order valence-electron chi connectivity index (χ2n) is 7.80. The number of carbonyl (C=O) groups is 2. The smallest absolute Gasteiger partial charge is 0.293 e. The molecule has 1 saturated heterocycles. The molecule has 2 rings (SSSR count). The minimum absolute atomic E-state index is 0.0765. The number of benzene rings is 1. The number of unbranched alkanes of at least 4 members (excludes halogenated alkanes) is 1. The molecule has 1 aliphatic heterocycles. The number of alkyl halides is 1. The van der Waals surface area contributed by atoms with Crippen molar-refractivity contribution in [2.24, 2.45) is 5.92 Å². The van der Waals surface area contributed by atoms with Crippen LogP contribution in [0.4, 0.5) is 0 Å². The SMILES string of the molecule is CCCCOCC1(C)N(Cc2ccc(OC)cc2)C(=O)C(CCCl)C1(C)OC=O. The molecular formula is C22H32ClNO5. The van der Waals surface area contributed by atoms with Crippen LogP contribution in [-0.4, -0.2) is 54.6 Å². The molecule has 0 radical (unpaired) electrons. The molecule has 0 N–H and O–H groups in total. The summed E-state index contributed by atoms with van der Waals surface area (Å²) in [6.07, 6.45) is 2.37. The van der Waals surface area contributed by atoms with E-state index in [1.807, 2.05) is 38.1 Å². The molecule has 3 unspecified atom stereocenters. The highest BCUT2D eigenvalue weighted by atomic mass is 35.5. The molecule has 1 amide bonds. The van der Waals surface area contributed by atoms with E-state index in [4.69, 9.17) is 25.8 Å². The van der Waals surface area contributed by atoms with Crippen molar-refractivity contribution < 1.29 is 23.8 Å². The number of rotatable bonds is 12. The van der Waals surface area contributed by atoms with Crippen LogP contribution in [0.2, 0.25) is 0 Å². The largest absolute Gasteiger partial charge is 0.497 e. The number of hydrogen-bond donors (Lipinski definition) is 0. The molecule has 0 spiro atoms. The van der Waals surface area contributed by atoms with Gasteiger partial charge in [-0.05, 0) is 44.4 Å². The fourth-order valence-electron chi connectivity index (χ4n) is 4.03. The molecule has 1 fully saturated rings. The lowest BCUT2D eigenvalue weighted by atomic mass is 9.76. The minimum Gasteiger partial charge on any atom is -0.497 e. The van der Waals surface area contributed by atoms with Crippen LogP contribution in [0, 0.1) is 5.92 Å².